The van der Waals surface area contributed by atoms with Crippen molar-refractivity contribution >= 4 is 22.7 Å². The van der Waals surface area contributed by atoms with E-state index in [0.29, 0.717) is 16.1 Å². The van der Waals surface area contributed by atoms with Gasteiger partial charge in [-0.25, -0.2) is 4.98 Å². The van der Waals surface area contributed by atoms with Crippen LogP contribution in [0.2, 0.25) is 0 Å². The highest BCUT2D eigenvalue weighted by Gasteiger charge is 2.23. The summed E-state index contributed by atoms with van der Waals surface area (Å²) < 4.78 is 1.83. The Morgan fingerprint density at radius 3 is 2.81 bits per heavy atom. The molecule has 0 unspecified atom stereocenters. The number of hydrogen-bond acceptors (Lipinski definition) is 4. The molecule has 0 saturated heterocycles. The number of para-hydroxylation sites is 1. The van der Waals surface area contributed by atoms with Crippen molar-refractivity contribution in [2.45, 2.75) is 49.1 Å². The first-order chi connectivity index (χ1) is 10.2. The van der Waals surface area contributed by atoms with Crippen molar-refractivity contribution in [1.29, 1.82) is 5.26 Å². The van der Waals surface area contributed by atoms with Crippen molar-refractivity contribution in [2.24, 2.45) is 0 Å². The van der Waals surface area contributed by atoms with Gasteiger partial charge in [-0.3, -0.25) is 9.36 Å². The van der Waals surface area contributed by atoms with Crippen molar-refractivity contribution in [1.82, 2.24) is 9.55 Å². The molecule has 108 valence electrons. The standard InChI is InChI=1S/C16H17N3OS/c1-11(10-17)21-16-18-14-9-5-4-8-13(14)15(20)19(16)12-6-2-3-7-12/h4-5,8-9,11-12H,2-3,6-7H2,1H3/t11-/m0/s1. The minimum Gasteiger partial charge on any atom is -0.284 e. The maximum absolute atomic E-state index is 12.8. The van der Waals surface area contributed by atoms with Gasteiger partial charge in [0.15, 0.2) is 5.16 Å². The van der Waals surface area contributed by atoms with E-state index >= 15 is 0 Å². The van der Waals surface area contributed by atoms with Crippen molar-refractivity contribution in [3.63, 3.8) is 0 Å². The lowest BCUT2D eigenvalue weighted by atomic mass is 10.2. The van der Waals surface area contributed by atoms with Crippen LogP contribution in [0.25, 0.3) is 10.9 Å². The van der Waals surface area contributed by atoms with Crippen molar-refractivity contribution in [3.05, 3.63) is 34.6 Å². The molecule has 1 aromatic carbocycles. The van der Waals surface area contributed by atoms with Crippen LogP contribution in [0.15, 0.2) is 34.2 Å². The van der Waals surface area contributed by atoms with Gasteiger partial charge in [-0.05, 0) is 31.9 Å². The van der Waals surface area contributed by atoms with Crippen LogP contribution in [0.3, 0.4) is 0 Å². The quantitative estimate of drug-likeness (QED) is 0.643. The molecule has 1 atom stereocenters. The molecule has 0 amide bonds. The van der Waals surface area contributed by atoms with Crippen molar-refractivity contribution < 1.29 is 0 Å². The van der Waals surface area contributed by atoms with Gasteiger partial charge in [0.25, 0.3) is 5.56 Å². The molecule has 1 aliphatic rings. The highest BCUT2D eigenvalue weighted by Crippen LogP contribution is 2.33. The van der Waals surface area contributed by atoms with Crippen LogP contribution in [-0.4, -0.2) is 14.8 Å². The molecule has 0 spiro atoms. The van der Waals surface area contributed by atoms with Gasteiger partial charge < -0.3 is 0 Å². The van der Waals surface area contributed by atoms with Gasteiger partial charge in [0.2, 0.25) is 0 Å². The third-order valence-corrected chi connectivity index (χ3v) is 4.89. The number of fused-ring (bicyclic) bond motifs is 1. The molecule has 1 fully saturated rings. The van der Waals surface area contributed by atoms with Crippen molar-refractivity contribution in [3.8, 4) is 6.07 Å². The Kier molecular flexibility index (Phi) is 3.98. The van der Waals surface area contributed by atoms with E-state index in [0.717, 1.165) is 25.7 Å². The average molecular weight is 299 g/mol. The molecule has 1 aliphatic carbocycles. The zero-order valence-corrected chi connectivity index (χ0v) is 12.8. The fraction of sp³-hybridized carbons (Fsp3) is 0.438. The highest BCUT2D eigenvalue weighted by molar-refractivity contribution is 8.00. The normalized spacial score (nSPS) is 17.0. The molecular formula is C16H17N3OS. The molecule has 1 aromatic heterocycles. The second kappa shape index (κ2) is 5.90. The molecule has 1 heterocycles. The van der Waals surface area contributed by atoms with Gasteiger partial charge >= 0.3 is 0 Å². The van der Waals surface area contributed by atoms with Crippen LogP contribution in [0.5, 0.6) is 0 Å². The number of hydrogen-bond donors (Lipinski definition) is 0. The van der Waals surface area contributed by atoms with Gasteiger partial charge in [-0.2, -0.15) is 5.26 Å². The summed E-state index contributed by atoms with van der Waals surface area (Å²) in [6, 6.07) is 9.88. The Hall–Kier alpha value is -1.80. The van der Waals surface area contributed by atoms with E-state index in [1.165, 1.54) is 11.8 Å². The first kappa shape index (κ1) is 14.2. The maximum atomic E-state index is 12.8. The van der Waals surface area contributed by atoms with Crippen LogP contribution in [0, 0.1) is 11.3 Å². The van der Waals surface area contributed by atoms with E-state index in [-0.39, 0.29) is 16.9 Å². The summed E-state index contributed by atoms with van der Waals surface area (Å²) >= 11 is 1.38. The maximum Gasteiger partial charge on any atom is 0.262 e. The van der Waals surface area contributed by atoms with Crippen LogP contribution >= 0.6 is 11.8 Å². The second-order valence-corrected chi connectivity index (χ2v) is 6.72. The molecule has 0 N–H and O–H groups in total. The summed E-state index contributed by atoms with van der Waals surface area (Å²) in [4.78, 5) is 17.5. The monoisotopic (exact) mass is 299 g/mol. The van der Waals surface area contributed by atoms with Crippen LogP contribution in [0.4, 0.5) is 0 Å². The predicted molar refractivity (Wildman–Crippen MR) is 84.4 cm³/mol. The Morgan fingerprint density at radius 2 is 2.10 bits per heavy atom. The molecule has 2 aromatic rings. The fourth-order valence-electron chi connectivity index (χ4n) is 2.88. The lowest BCUT2D eigenvalue weighted by Gasteiger charge is -2.19. The number of nitriles is 1. The number of benzene rings is 1. The number of nitrogens with zero attached hydrogens (tertiary/aromatic N) is 3. The number of aromatic nitrogens is 2. The predicted octanol–water partition coefficient (Wildman–Crippen LogP) is 3.52. The molecule has 5 heteroatoms. The molecule has 21 heavy (non-hydrogen) atoms. The van der Waals surface area contributed by atoms with Gasteiger partial charge in [0.1, 0.15) is 0 Å². The summed E-state index contributed by atoms with van der Waals surface area (Å²) in [7, 11) is 0. The van der Waals surface area contributed by atoms with Crippen LogP contribution in [0.1, 0.15) is 38.6 Å². The second-order valence-electron chi connectivity index (χ2n) is 5.41. The Balaban J connectivity index is 2.20. The lowest BCUT2D eigenvalue weighted by Crippen LogP contribution is -2.26. The Labute approximate surface area is 127 Å². The summed E-state index contributed by atoms with van der Waals surface area (Å²) in [6.07, 6.45) is 4.35. The van der Waals surface area contributed by atoms with E-state index in [2.05, 4.69) is 11.1 Å². The van der Waals surface area contributed by atoms with E-state index in [4.69, 9.17) is 5.26 Å². The van der Waals surface area contributed by atoms with Gasteiger partial charge in [-0.1, -0.05) is 36.7 Å². The SMILES string of the molecule is C[C@@H](C#N)Sc1nc2ccccc2c(=O)n1C1CCCC1. The lowest BCUT2D eigenvalue weighted by molar-refractivity contribution is 0.457. The van der Waals surface area contributed by atoms with E-state index in [9.17, 15) is 4.79 Å². The smallest absolute Gasteiger partial charge is 0.262 e. The summed E-state index contributed by atoms with van der Waals surface area (Å²) in [5, 5.41) is 10.2. The summed E-state index contributed by atoms with van der Waals surface area (Å²) in [5.74, 6) is 0. The highest BCUT2D eigenvalue weighted by atomic mass is 32.2. The first-order valence-electron chi connectivity index (χ1n) is 7.28. The molecule has 1 saturated carbocycles. The van der Waals surface area contributed by atoms with E-state index in [1.54, 1.807) is 0 Å². The van der Waals surface area contributed by atoms with Gasteiger partial charge in [0.05, 0.1) is 22.2 Å². The van der Waals surface area contributed by atoms with E-state index in [1.807, 2.05) is 35.8 Å². The number of thioether (sulfide) groups is 1. The molecule has 0 bridgehead atoms. The zero-order valence-electron chi connectivity index (χ0n) is 12.0. The summed E-state index contributed by atoms with van der Waals surface area (Å²) in [6.45, 7) is 1.84. The average Bonchev–Trinajstić information content (AvgIpc) is 3.01. The van der Waals surface area contributed by atoms with Gasteiger partial charge in [0, 0.05) is 6.04 Å². The van der Waals surface area contributed by atoms with Gasteiger partial charge in [-0.15, -0.1) is 0 Å². The van der Waals surface area contributed by atoms with E-state index < -0.39 is 0 Å². The minimum atomic E-state index is -0.217. The molecule has 0 radical (unpaired) electrons. The summed E-state index contributed by atoms with van der Waals surface area (Å²) in [5.41, 5.74) is 0.740. The molecular weight excluding hydrogens is 282 g/mol. The number of rotatable bonds is 3. The zero-order chi connectivity index (χ0) is 14.8. The third kappa shape index (κ3) is 2.68. The fourth-order valence-corrected chi connectivity index (χ4v) is 3.74. The van der Waals surface area contributed by atoms with Crippen LogP contribution < -0.4 is 5.56 Å². The molecule has 3 rings (SSSR count). The Bertz CT molecular complexity index is 756. The topological polar surface area (TPSA) is 58.7 Å². The molecule has 4 nitrogen and oxygen atoms in total. The first-order valence-corrected chi connectivity index (χ1v) is 8.16. The Morgan fingerprint density at radius 1 is 1.38 bits per heavy atom. The molecule has 0 aliphatic heterocycles. The minimum absolute atomic E-state index is 0.0279. The largest absolute Gasteiger partial charge is 0.284 e. The van der Waals surface area contributed by atoms with Crippen molar-refractivity contribution in [2.75, 3.05) is 0 Å². The third-order valence-electron chi connectivity index (χ3n) is 3.93. The van der Waals surface area contributed by atoms with Crippen LogP contribution in [-0.2, 0) is 0 Å².